The maximum absolute atomic E-state index is 13.1. The van der Waals surface area contributed by atoms with Crippen LogP contribution in [0.4, 0.5) is 5.69 Å². The summed E-state index contributed by atoms with van der Waals surface area (Å²) in [6, 6.07) is 11.4. The quantitative estimate of drug-likeness (QED) is 0.545. The number of rotatable bonds is 6. The number of benzene rings is 2. The van der Waals surface area contributed by atoms with E-state index in [1.165, 1.54) is 0 Å². The van der Waals surface area contributed by atoms with E-state index in [1.807, 2.05) is 43.3 Å². The van der Waals surface area contributed by atoms with Gasteiger partial charge in [0.2, 0.25) is 5.43 Å². The Balaban J connectivity index is 2.11. The molecule has 0 radical (unpaired) electrons. The lowest BCUT2D eigenvalue weighted by molar-refractivity contribution is -0.774. The van der Waals surface area contributed by atoms with E-state index >= 15 is 0 Å². The molecule has 25 heavy (non-hydrogen) atoms. The lowest BCUT2D eigenvalue weighted by Crippen LogP contribution is -3.03. The van der Waals surface area contributed by atoms with Crippen LogP contribution in [0.2, 0.25) is 0 Å². The van der Waals surface area contributed by atoms with Crippen LogP contribution < -0.4 is 10.5 Å². The molecular weight excluding hydrogens is 332 g/mol. The lowest BCUT2D eigenvalue weighted by Gasteiger charge is -2.26. The fourth-order valence-electron chi connectivity index (χ4n) is 3.20. The van der Waals surface area contributed by atoms with Crippen LogP contribution in [0.3, 0.4) is 0 Å². The van der Waals surface area contributed by atoms with Gasteiger partial charge in [0, 0.05) is 27.4 Å². The molecule has 0 aliphatic rings. The lowest BCUT2D eigenvalue weighted by atomic mass is 10.1. The Kier molecular flexibility index (Phi) is 5.49. The fourth-order valence-corrected chi connectivity index (χ4v) is 4.37. The number of hydroxylamine groups is 1. The Labute approximate surface area is 151 Å². The molecule has 0 saturated heterocycles. The van der Waals surface area contributed by atoms with E-state index in [2.05, 4.69) is 18.7 Å². The fraction of sp³-hybridized carbons (Fsp3) is 0.350. The minimum absolute atomic E-state index is 0.0285. The van der Waals surface area contributed by atoms with Gasteiger partial charge in [0.1, 0.15) is 11.1 Å². The molecule has 0 bridgehead atoms. The summed E-state index contributed by atoms with van der Waals surface area (Å²) in [5.74, 6) is 0. The largest absolute Gasteiger partial charge is 0.629 e. The normalized spacial score (nSPS) is 13.0. The van der Waals surface area contributed by atoms with Crippen molar-refractivity contribution >= 4 is 37.2 Å². The Hall–Kier alpha value is -1.79. The molecule has 2 aromatic carbocycles. The third kappa shape index (κ3) is 3.46. The van der Waals surface area contributed by atoms with Gasteiger partial charge in [0.25, 0.3) is 0 Å². The van der Waals surface area contributed by atoms with E-state index < -0.39 is 0 Å². The van der Waals surface area contributed by atoms with E-state index in [9.17, 15) is 10.0 Å². The van der Waals surface area contributed by atoms with Crippen molar-refractivity contribution in [2.45, 2.75) is 20.8 Å². The molecule has 1 aromatic heterocycles. The van der Waals surface area contributed by atoms with Crippen molar-refractivity contribution in [1.82, 2.24) is 4.90 Å². The summed E-state index contributed by atoms with van der Waals surface area (Å²) in [5.41, 5.74) is 1.59. The number of nitrogens with one attached hydrogen (secondary N) is 1. The SMILES string of the molecule is CCN(CC)CC[NH+]([O-])c1ccc(C)c2sc3ccccc3c(=O)c12. The van der Waals surface area contributed by atoms with Crippen LogP contribution in [-0.2, 0) is 0 Å². The van der Waals surface area contributed by atoms with Gasteiger partial charge in [-0.3, -0.25) is 9.69 Å². The monoisotopic (exact) mass is 356 g/mol. The highest BCUT2D eigenvalue weighted by Gasteiger charge is 2.16. The van der Waals surface area contributed by atoms with E-state index in [-0.39, 0.29) is 10.5 Å². The second-order valence-electron chi connectivity index (χ2n) is 6.26. The average Bonchev–Trinajstić information content (AvgIpc) is 2.63. The molecular formula is C20H24N2O2S. The Morgan fingerprint density at radius 1 is 1.12 bits per heavy atom. The predicted octanol–water partition coefficient (Wildman–Crippen LogP) is 3.08. The van der Waals surface area contributed by atoms with Gasteiger partial charge in [0.05, 0.1) is 6.54 Å². The zero-order valence-electron chi connectivity index (χ0n) is 15.0. The Morgan fingerprint density at radius 2 is 1.84 bits per heavy atom. The van der Waals surface area contributed by atoms with E-state index in [1.54, 1.807) is 11.3 Å². The molecule has 4 nitrogen and oxygen atoms in total. The zero-order valence-corrected chi connectivity index (χ0v) is 15.8. The molecule has 0 aliphatic carbocycles. The molecule has 1 N–H and O–H groups in total. The summed E-state index contributed by atoms with van der Waals surface area (Å²) < 4.78 is 1.90. The van der Waals surface area contributed by atoms with E-state index in [4.69, 9.17) is 0 Å². The van der Waals surface area contributed by atoms with Crippen molar-refractivity contribution in [1.29, 1.82) is 0 Å². The maximum Gasteiger partial charge on any atom is 0.201 e. The topological polar surface area (TPSA) is 47.8 Å². The minimum atomic E-state index is -0.0285. The summed E-state index contributed by atoms with van der Waals surface area (Å²) in [6.45, 7) is 9.22. The molecule has 132 valence electrons. The van der Waals surface area contributed by atoms with Crippen molar-refractivity contribution in [3.63, 3.8) is 0 Å². The molecule has 0 spiro atoms. The minimum Gasteiger partial charge on any atom is -0.629 e. The summed E-state index contributed by atoms with van der Waals surface area (Å²) in [5, 5.41) is 14.2. The summed E-state index contributed by atoms with van der Waals surface area (Å²) in [6.07, 6.45) is 0. The first-order valence-corrected chi connectivity index (χ1v) is 9.59. The van der Waals surface area contributed by atoms with E-state index in [0.29, 0.717) is 23.0 Å². The van der Waals surface area contributed by atoms with Crippen molar-refractivity contribution in [3.8, 4) is 0 Å². The molecule has 1 atom stereocenters. The first kappa shape index (κ1) is 18.0. The Morgan fingerprint density at radius 3 is 2.56 bits per heavy atom. The predicted molar refractivity (Wildman–Crippen MR) is 107 cm³/mol. The number of likely N-dealkylation sites (N-methyl/N-ethyl adjacent to an activating group) is 1. The molecule has 3 rings (SSSR count). The number of aryl methyl sites for hydroxylation is 1. The van der Waals surface area contributed by atoms with E-state index in [0.717, 1.165) is 34.6 Å². The second kappa shape index (κ2) is 7.62. The summed E-state index contributed by atoms with van der Waals surface area (Å²) >= 11 is 1.59. The number of hydrogen-bond acceptors (Lipinski definition) is 4. The molecule has 0 saturated carbocycles. The molecule has 0 amide bonds. The van der Waals surface area contributed by atoms with Crippen LogP contribution in [0.25, 0.3) is 20.2 Å². The number of hydrogen-bond donors (Lipinski definition) is 1. The first-order chi connectivity index (χ1) is 12.1. The van der Waals surface area contributed by atoms with Gasteiger partial charge in [-0.1, -0.05) is 32.0 Å². The highest BCUT2D eigenvalue weighted by molar-refractivity contribution is 7.24. The van der Waals surface area contributed by atoms with Gasteiger partial charge in [-0.15, -0.1) is 11.3 Å². The van der Waals surface area contributed by atoms with Crippen molar-refractivity contribution in [3.05, 3.63) is 57.4 Å². The molecule has 1 heterocycles. The number of fused-ring (bicyclic) bond motifs is 2. The average molecular weight is 356 g/mol. The summed E-state index contributed by atoms with van der Waals surface area (Å²) in [7, 11) is 0. The number of quaternary nitrogens is 1. The van der Waals surface area contributed by atoms with Gasteiger partial charge >= 0.3 is 0 Å². The number of nitrogens with zero attached hydrogens (tertiary/aromatic N) is 1. The molecule has 3 aromatic rings. The van der Waals surface area contributed by atoms with Crippen LogP contribution in [-0.4, -0.2) is 31.1 Å². The highest BCUT2D eigenvalue weighted by atomic mass is 32.1. The van der Waals surface area contributed by atoms with Crippen LogP contribution in [0.5, 0.6) is 0 Å². The van der Waals surface area contributed by atoms with Crippen LogP contribution in [0.1, 0.15) is 19.4 Å². The van der Waals surface area contributed by atoms with Crippen LogP contribution >= 0.6 is 11.3 Å². The molecule has 0 aliphatic heterocycles. The van der Waals surface area contributed by atoms with Gasteiger partial charge < -0.3 is 10.3 Å². The molecule has 5 heteroatoms. The van der Waals surface area contributed by atoms with Gasteiger partial charge in [-0.05, 0) is 37.7 Å². The Bertz CT molecular complexity index is 947. The summed E-state index contributed by atoms with van der Waals surface area (Å²) in [4.78, 5) is 15.3. The van der Waals surface area contributed by atoms with Gasteiger partial charge in [-0.25, -0.2) is 0 Å². The van der Waals surface area contributed by atoms with Gasteiger partial charge in [0.15, 0.2) is 0 Å². The molecule has 1 unspecified atom stereocenters. The second-order valence-corrected chi connectivity index (χ2v) is 7.31. The third-order valence-electron chi connectivity index (χ3n) is 4.78. The van der Waals surface area contributed by atoms with Crippen molar-refractivity contribution in [2.75, 3.05) is 26.2 Å². The smallest absolute Gasteiger partial charge is 0.201 e. The molecule has 0 fully saturated rings. The zero-order chi connectivity index (χ0) is 18.0. The van der Waals surface area contributed by atoms with Crippen molar-refractivity contribution < 1.29 is 5.06 Å². The maximum atomic E-state index is 13.1. The van der Waals surface area contributed by atoms with Gasteiger partial charge in [-0.2, -0.15) is 0 Å². The van der Waals surface area contributed by atoms with Crippen LogP contribution in [0.15, 0.2) is 41.2 Å². The first-order valence-electron chi connectivity index (χ1n) is 8.77. The van der Waals surface area contributed by atoms with Crippen molar-refractivity contribution in [2.24, 2.45) is 0 Å². The highest BCUT2D eigenvalue weighted by Crippen LogP contribution is 2.30. The standard InChI is InChI=1S/C20H24N2O2S/c1-4-21(5-2)12-13-22(24)16-11-10-14(3)20-18(16)19(23)15-8-6-7-9-17(15)25-20/h6-11,22H,4-5,12-13H2,1-3H3. The third-order valence-corrected chi connectivity index (χ3v) is 6.08. The van der Waals surface area contributed by atoms with Crippen LogP contribution in [0, 0.1) is 12.1 Å².